The van der Waals surface area contributed by atoms with Crippen molar-refractivity contribution in [2.75, 3.05) is 5.75 Å². The van der Waals surface area contributed by atoms with Crippen molar-refractivity contribution in [1.82, 2.24) is 4.98 Å². The number of carbonyl (C=O) groups is 1. The Kier molecular flexibility index (Phi) is 4.09. The Bertz CT molecular complexity index is 588. The zero-order chi connectivity index (χ0) is 13.1. The molecule has 0 spiro atoms. The minimum atomic E-state index is -0.774. The molecule has 2 aromatic rings. The standard InChI is InChI=1S/C13H12ClNO2S/c1-8(13(16)17)7-18-12-4-5-15-11-6-9(14)2-3-10(11)12/h2-6,8H,7H2,1H3,(H,16,17). The third-order valence-corrected chi connectivity index (χ3v) is 4.14. The summed E-state index contributed by atoms with van der Waals surface area (Å²) in [5.74, 6) is -0.605. The average molecular weight is 282 g/mol. The molecule has 0 aliphatic heterocycles. The van der Waals surface area contributed by atoms with Gasteiger partial charge in [0.05, 0.1) is 11.4 Å². The minimum Gasteiger partial charge on any atom is -0.481 e. The van der Waals surface area contributed by atoms with Crippen molar-refractivity contribution in [3.63, 3.8) is 0 Å². The van der Waals surface area contributed by atoms with Crippen molar-refractivity contribution in [2.24, 2.45) is 5.92 Å². The lowest BCUT2D eigenvalue weighted by Gasteiger charge is -2.08. The largest absolute Gasteiger partial charge is 0.481 e. The van der Waals surface area contributed by atoms with Gasteiger partial charge in [-0.1, -0.05) is 24.6 Å². The van der Waals surface area contributed by atoms with E-state index in [4.69, 9.17) is 16.7 Å². The van der Waals surface area contributed by atoms with Crippen LogP contribution in [-0.2, 0) is 4.79 Å². The smallest absolute Gasteiger partial charge is 0.307 e. The predicted octanol–water partition coefficient (Wildman–Crippen LogP) is 3.70. The number of aliphatic carboxylic acids is 1. The van der Waals surface area contributed by atoms with Crippen LogP contribution >= 0.6 is 23.4 Å². The Hall–Kier alpha value is -1.26. The second-order valence-corrected chi connectivity index (χ2v) is 5.52. The van der Waals surface area contributed by atoms with Crippen molar-refractivity contribution in [3.05, 3.63) is 35.5 Å². The molecule has 5 heteroatoms. The van der Waals surface area contributed by atoms with Crippen molar-refractivity contribution >= 4 is 40.2 Å². The zero-order valence-corrected chi connectivity index (χ0v) is 11.3. The molecule has 1 aromatic carbocycles. The summed E-state index contributed by atoms with van der Waals surface area (Å²) in [6.45, 7) is 1.70. The minimum absolute atomic E-state index is 0.370. The lowest BCUT2D eigenvalue weighted by Crippen LogP contribution is -2.11. The lowest BCUT2D eigenvalue weighted by molar-refractivity contribution is -0.140. The number of fused-ring (bicyclic) bond motifs is 1. The maximum atomic E-state index is 10.8. The number of hydrogen-bond donors (Lipinski definition) is 1. The first-order chi connectivity index (χ1) is 8.58. The molecule has 0 fully saturated rings. The summed E-state index contributed by atoms with van der Waals surface area (Å²) in [5.41, 5.74) is 0.829. The molecule has 1 unspecified atom stereocenters. The van der Waals surface area contributed by atoms with Gasteiger partial charge in [0, 0.05) is 27.3 Å². The molecule has 0 radical (unpaired) electrons. The van der Waals surface area contributed by atoms with Gasteiger partial charge in [-0.25, -0.2) is 0 Å². The number of benzene rings is 1. The number of rotatable bonds is 4. The molecular formula is C13H12ClNO2S. The van der Waals surface area contributed by atoms with Crippen LogP contribution in [0.2, 0.25) is 5.02 Å². The number of hydrogen-bond acceptors (Lipinski definition) is 3. The number of nitrogens with zero attached hydrogens (tertiary/aromatic N) is 1. The Morgan fingerprint density at radius 3 is 3.00 bits per heavy atom. The number of carboxylic acid groups (broad SMARTS) is 1. The molecule has 1 N–H and O–H groups in total. The van der Waals surface area contributed by atoms with E-state index in [1.165, 1.54) is 11.8 Å². The van der Waals surface area contributed by atoms with Crippen molar-refractivity contribution < 1.29 is 9.90 Å². The van der Waals surface area contributed by atoms with Crippen molar-refractivity contribution in [1.29, 1.82) is 0 Å². The highest BCUT2D eigenvalue weighted by atomic mass is 35.5. The molecule has 1 aromatic heterocycles. The van der Waals surface area contributed by atoms with E-state index in [1.807, 2.05) is 24.3 Å². The summed E-state index contributed by atoms with van der Waals surface area (Å²) in [5, 5.41) is 10.5. The van der Waals surface area contributed by atoms with Crippen LogP contribution < -0.4 is 0 Å². The second-order valence-electron chi connectivity index (χ2n) is 4.02. The van der Waals surface area contributed by atoms with Gasteiger partial charge in [0.2, 0.25) is 0 Å². The van der Waals surface area contributed by atoms with Crippen LogP contribution in [0.4, 0.5) is 0 Å². The second kappa shape index (κ2) is 5.59. The number of pyridine rings is 1. The maximum Gasteiger partial charge on any atom is 0.307 e. The van der Waals surface area contributed by atoms with E-state index in [-0.39, 0.29) is 5.92 Å². The lowest BCUT2D eigenvalue weighted by atomic mass is 10.2. The Balaban J connectivity index is 2.26. The van der Waals surface area contributed by atoms with Crippen LogP contribution in [0.3, 0.4) is 0 Å². The molecule has 0 bridgehead atoms. The van der Waals surface area contributed by atoms with E-state index >= 15 is 0 Å². The number of thioether (sulfide) groups is 1. The quantitative estimate of drug-likeness (QED) is 0.868. The SMILES string of the molecule is CC(CSc1ccnc2cc(Cl)ccc12)C(=O)O. The number of halogens is 1. The summed E-state index contributed by atoms with van der Waals surface area (Å²) < 4.78 is 0. The highest BCUT2D eigenvalue weighted by Gasteiger charge is 2.12. The molecule has 0 saturated carbocycles. The normalized spacial score (nSPS) is 12.6. The van der Waals surface area contributed by atoms with Gasteiger partial charge in [0.15, 0.2) is 0 Å². The zero-order valence-electron chi connectivity index (χ0n) is 9.76. The van der Waals surface area contributed by atoms with Crippen LogP contribution in [-0.4, -0.2) is 21.8 Å². The van der Waals surface area contributed by atoms with E-state index in [0.29, 0.717) is 10.8 Å². The van der Waals surface area contributed by atoms with Crippen molar-refractivity contribution in [2.45, 2.75) is 11.8 Å². The molecule has 1 heterocycles. The molecule has 0 aliphatic carbocycles. The van der Waals surface area contributed by atoms with Crippen molar-refractivity contribution in [3.8, 4) is 0 Å². The van der Waals surface area contributed by atoms with E-state index in [2.05, 4.69) is 4.98 Å². The molecule has 94 valence electrons. The van der Waals surface area contributed by atoms with Crippen LogP contribution in [0.15, 0.2) is 35.4 Å². The summed E-state index contributed by atoms with van der Waals surface area (Å²) in [7, 11) is 0. The third-order valence-electron chi connectivity index (χ3n) is 2.58. The summed E-state index contributed by atoms with van der Waals surface area (Å²) in [6.07, 6.45) is 1.71. The van der Waals surface area contributed by atoms with Gasteiger partial charge >= 0.3 is 5.97 Å². The van der Waals surface area contributed by atoms with E-state index in [1.54, 1.807) is 13.1 Å². The van der Waals surface area contributed by atoms with E-state index < -0.39 is 5.97 Å². The summed E-state index contributed by atoms with van der Waals surface area (Å²) >= 11 is 7.44. The first-order valence-electron chi connectivity index (χ1n) is 5.48. The molecule has 18 heavy (non-hydrogen) atoms. The fraction of sp³-hybridized carbons (Fsp3) is 0.231. The van der Waals surface area contributed by atoms with Gasteiger partial charge in [0.1, 0.15) is 0 Å². The Morgan fingerprint density at radius 2 is 2.28 bits per heavy atom. The van der Waals surface area contributed by atoms with E-state index in [0.717, 1.165) is 15.8 Å². The third kappa shape index (κ3) is 2.94. The predicted molar refractivity (Wildman–Crippen MR) is 74.3 cm³/mol. The van der Waals surface area contributed by atoms with Gasteiger partial charge in [-0.2, -0.15) is 0 Å². The van der Waals surface area contributed by atoms with Gasteiger partial charge in [0.25, 0.3) is 0 Å². The first kappa shape index (κ1) is 13.2. The topological polar surface area (TPSA) is 50.2 Å². The number of aromatic nitrogens is 1. The summed E-state index contributed by atoms with van der Waals surface area (Å²) in [6, 6.07) is 7.44. The molecule has 3 nitrogen and oxygen atoms in total. The molecule has 0 aliphatic rings. The summed E-state index contributed by atoms with van der Waals surface area (Å²) in [4.78, 5) is 16.1. The fourth-order valence-corrected chi connectivity index (χ4v) is 2.73. The van der Waals surface area contributed by atoms with Crippen LogP contribution in [0.1, 0.15) is 6.92 Å². The van der Waals surface area contributed by atoms with Crippen LogP contribution in [0.5, 0.6) is 0 Å². The monoisotopic (exact) mass is 281 g/mol. The Morgan fingerprint density at radius 1 is 1.50 bits per heavy atom. The van der Waals surface area contributed by atoms with Crippen LogP contribution in [0, 0.1) is 5.92 Å². The highest BCUT2D eigenvalue weighted by Crippen LogP contribution is 2.29. The average Bonchev–Trinajstić information content (AvgIpc) is 2.35. The molecule has 2 rings (SSSR count). The fourth-order valence-electron chi connectivity index (χ4n) is 1.51. The molecule has 0 amide bonds. The first-order valence-corrected chi connectivity index (χ1v) is 6.84. The molecular weight excluding hydrogens is 270 g/mol. The highest BCUT2D eigenvalue weighted by molar-refractivity contribution is 7.99. The van der Waals surface area contributed by atoms with Crippen LogP contribution in [0.25, 0.3) is 10.9 Å². The van der Waals surface area contributed by atoms with Gasteiger partial charge in [-0.05, 0) is 18.2 Å². The maximum absolute atomic E-state index is 10.8. The van der Waals surface area contributed by atoms with Gasteiger partial charge in [-0.3, -0.25) is 9.78 Å². The van der Waals surface area contributed by atoms with Gasteiger partial charge < -0.3 is 5.11 Å². The molecule has 1 atom stereocenters. The Labute approximate surface area is 114 Å². The van der Waals surface area contributed by atoms with Gasteiger partial charge in [-0.15, -0.1) is 11.8 Å². The van der Waals surface area contributed by atoms with E-state index in [9.17, 15) is 4.79 Å². The molecule has 0 saturated heterocycles. The number of carboxylic acids is 1.